The zero-order chi connectivity index (χ0) is 11.4. The summed E-state index contributed by atoms with van der Waals surface area (Å²) in [4.78, 5) is 4.29. The number of hydrogen-bond donors (Lipinski definition) is 0. The van der Waals surface area contributed by atoms with Crippen LogP contribution in [0.2, 0.25) is 0 Å². The molecule has 2 aromatic rings. The molecule has 0 N–H and O–H groups in total. The Morgan fingerprint density at radius 1 is 1.12 bits per heavy atom. The minimum atomic E-state index is 1.01. The summed E-state index contributed by atoms with van der Waals surface area (Å²) in [7, 11) is 0. The molecule has 0 spiro atoms. The third kappa shape index (κ3) is 2.80. The Morgan fingerprint density at radius 3 is 2.62 bits per heavy atom. The fourth-order valence-corrected chi connectivity index (χ4v) is 1.79. The molecule has 0 fully saturated rings. The van der Waals surface area contributed by atoms with Crippen LogP contribution in [0.1, 0.15) is 16.8 Å². The molecule has 0 amide bonds. The van der Waals surface area contributed by atoms with Gasteiger partial charge in [-0.05, 0) is 40.0 Å². The van der Waals surface area contributed by atoms with Crippen molar-refractivity contribution in [2.24, 2.45) is 0 Å². The predicted octanol–water partition coefficient (Wildman–Crippen LogP) is 4.32. The van der Waals surface area contributed by atoms with Crippen LogP contribution in [-0.4, -0.2) is 4.98 Å². The van der Waals surface area contributed by atoms with E-state index < -0.39 is 0 Å². The number of nitrogens with zero attached hydrogens (tertiary/aromatic N) is 1. The quantitative estimate of drug-likeness (QED) is 0.794. The molecule has 2 heteroatoms. The monoisotopic (exact) mass is 273 g/mol. The molecule has 0 aliphatic carbocycles. The van der Waals surface area contributed by atoms with Crippen molar-refractivity contribution in [2.75, 3.05) is 0 Å². The van der Waals surface area contributed by atoms with E-state index in [1.807, 2.05) is 31.3 Å². The van der Waals surface area contributed by atoms with Crippen LogP contribution in [0, 0.1) is 6.92 Å². The largest absolute Gasteiger partial charge is 0.260 e. The molecule has 1 aromatic heterocycles. The van der Waals surface area contributed by atoms with E-state index >= 15 is 0 Å². The van der Waals surface area contributed by atoms with Crippen molar-refractivity contribution in [1.29, 1.82) is 0 Å². The van der Waals surface area contributed by atoms with E-state index in [1.54, 1.807) is 0 Å². The number of aryl methyl sites for hydroxylation is 1. The van der Waals surface area contributed by atoms with E-state index in [0.717, 1.165) is 15.7 Å². The summed E-state index contributed by atoms with van der Waals surface area (Å²) in [6.45, 7) is 2.01. The normalized spacial score (nSPS) is 10.9. The summed E-state index contributed by atoms with van der Waals surface area (Å²) in [5.74, 6) is 0. The number of halogens is 1. The highest BCUT2D eigenvalue weighted by Crippen LogP contribution is 2.16. The zero-order valence-electron chi connectivity index (χ0n) is 9.02. The Balaban J connectivity index is 2.27. The third-order valence-corrected chi connectivity index (χ3v) is 2.78. The highest BCUT2D eigenvalue weighted by Gasteiger charge is 1.96. The molecule has 0 saturated carbocycles. The molecular formula is C14H12BrN. The molecule has 1 aromatic carbocycles. The molecule has 16 heavy (non-hydrogen) atoms. The van der Waals surface area contributed by atoms with Crippen molar-refractivity contribution in [3.05, 3.63) is 63.9 Å². The molecule has 0 bridgehead atoms. The summed E-state index contributed by atoms with van der Waals surface area (Å²) in [6.07, 6.45) is 5.99. The molecule has 1 nitrogen and oxygen atoms in total. The van der Waals surface area contributed by atoms with Gasteiger partial charge in [0.25, 0.3) is 0 Å². The van der Waals surface area contributed by atoms with E-state index in [-0.39, 0.29) is 0 Å². The SMILES string of the molecule is Cc1ncc(Br)cc1C=Cc1ccccc1. The fourth-order valence-electron chi connectivity index (χ4n) is 1.44. The van der Waals surface area contributed by atoms with E-state index in [0.29, 0.717) is 0 Å². The van der Waals surface area contributed by atoms with Crippen molar-refractivity contribution in [1.82, 2.24) is 4.98 Å². The molecule has 0 aliphatic heterocycles. The lowest BCUT2D eigenvalue weighted by Gasteiger charge is -1.99. The first-order valence-electron chi connectivity index (χ1n) is 5.11. The van der Waals surface area contributed by atoms with Crippen LogP contribution in [0.4, 0.5) is 0 Å². The van der Waals surface area contributed by atoms with Gasteiger partial charge in [0.05, 0.1) is 0 Å². The Labute approximate surface area is 104 Å². The minimum Gasteiger partial charge on any atom is -0.260 e. The fraction of sp³-hybridized carbons (Fsp3) is 0.0714. The van der Waals surface area contributed by atoms with Crippen LogP contribution in [-0.2, 0) is 0 Å². The van der Waals surface area contributed by atoms with Crippen molar-refractivity contribution in [3.8, 4) is 0 Å². The lowest BCUT2D eigenvalue weighted by molar-refractivity contribution is 1.18. The second kappa shape index (κ2) is 5.08. The molecule has 2 rings (SSSR count). The molecule has 0 unspecified atom stereocenters. The minimum absolute atomic E-state index is 1.01. The van der Waals surface area contributed by atoms with Gasteiger partial charge in [0.1, 0.15) is 0 Å². The van der Waals surface area contributed by atoms with Crippen molar-refractivity contribution in [3.63, 3.8) is 0 Å². The molecule has 0 aliphatic rings. The predicted molar refractivity (Wildman–Crippen MR) is 72.0 cm³/mol. The summed E-state index contributed by atoms with van der Waals surface area (Å²) in [6, 6.07) is 12.3. The van der Waals surface area contributed by atoms with Gasteiger partial charge in [-0.15, -0.1) is 0 Å². The van der Waals surface area contributed by atoms with Gasteiger partial charge in [-0.3, -0.25) is 4.98 Å². The Bertz CT molecular complexity index is 503. The lowest BCUT2D eigenvalue weighted by Crippen LogP contribution is -1.85. The summed E-state index contributed by atoms with van der Waals surface area (Å²) < 4.78 is 1.01. The van der Waals surface area contributed by atoms with E-state index in [2.05, 4.69) is 51.3 Å². The summed E-state index contributed by atoms with van der Waals surface area (Å²) in [5, 5.41) is 0. The first-order valence-corrected chi connectivity index (χ1v) is 5.90. The van der Waals surface area contributed by atoms with Gasteiger partial charge >= 0.3 is 0 Å². The van der Waals surface area contributed by atoms with Crippen molar-refractivity contribution in [2.45, 2.75) is 6.92 Å². The van der Waals surface area contributed by atoms with Gasteiger partial charge < -0.3 is 0 Å². The maximum atomic E-state index is 4.29. The number of pyridine rings is 1. The maximum Gasteiger partial charge on any atom is 0.0445 e. The van der Waals surface area contributed by atoms with Gasteiger partial charge in [-0.2, -0.15) is 0 Å². The van der Waals surface area contributed by atoms with Crippen molar-refractivity contribution < 1.29 is 0 Å². The van der Waals surface area contributed by atoms with Gasteiger partial charge in [-0.25, -0.2) is 0 Å². The zero-order valence-corrected chi connectivity index (χ0v) is 10.6. The van der Waals surface area contributed by atoms with Crippen LogP contribution < -0.4 is 0 Å². The van der Waals surface area contributed by atoms with Crippen LogP contribution in [0.5, 0.6) is 0 Å². The van der Waals surface area contributed by atoms with Gasteiger partial charge in [0.2, 0.25) is 0 Å². The topological polar surface area (TPSA) is 12.9 Å². The average molecular weight is 274 g/mol. The van der Waals surface area contributed by atoms with Gasteiger partial charge in [0.15, 0.2) is 0 Å². The number of benzene rings is 1. The number of aromatic nitrogens is 1. The van der Waals surface area contributed by atoms with Crippen molar-refractivity contribution >= 4 is 28.1 Å². The number of rotatable bonds is 2. The Morgan fingerprint density at radius 2 is 1.88 bits per heavy atom. The highest BCUT2D eigenvalue weighted by molar-refractivity contribution is 9.10. The summed E-state index contributed by atoms with van der Waals surface area (Å²) in [5.41, 5.74) is 3.37. The van der Waals surface area contributed by atoms with Crippen LogP contribution in [0.3, 0.4) is 0 Å². The number of hydrogen-bond acceptors (Lipinski definition) is 1. The van der Waals surface area contributed by atoms with E-state index in [9.17, 15) is 0 Å². The summed E-state index contributed by atoms with van der Waals surface area (Å²) >= 11 is 3.43. The van der Waals surface area contributed by atoms with Crippen LogP contribution in [0.25, 0.3) is 12.2 Å². The highest BCUT2D eigenvalue weighted by atomic mass is 79.9. The molecule has 0 saturated heterocycles. The second-order valence-corrected chi connectivity index (χ2v) is 4.49. The average Bonchev–Trinajstić information content (AvgIpc) is 2.32. The smallest absolute Gasteiger partial charge is 0.0445 e. The standard InChI is InChI=1S/C14H12BrN/c1-11-13(9-14(15)10-16-11)8-7-12-5-3-2-4-6-12/h2-10H,1H3. The lowest BCUT2D eigenvalue weighted by atomic mass is 10.1. The molecule has 0 atom stereocenters. The molecule has 80 valence electrons. The van der Waals surface area contributed by atoms with E-state index in [4.69, 9.17) is 0 Å². The van der Waals surface area contributed by atoms with Gasteiger partial charge in [-0.1, -0.05) is 42.5 Å². The Hall–Kier alpha value is -1.41. The first kappa shape index (κ1) is 11.1. The third-order valence-electron chi connectivity index (χ3n) is 2.35. The van der Waals surface area contributed by atoms with Crippen LogP contribution in [0.15, 0.2) is 47.1 Å². The molecular weight excluding hydrogens is 262 g/mol. The molecule has 0 radical (unpaired) electrons. The second-order valence-electron chi connectivity index (χ2n) is 3.57. The van der Waals surface area contributed by atoms with Gasteiger partial charge in [0, 0.05) is 16.4 Å². The van der Waals surface area contributed by atoms with Crippen LogP contribution >= 0.6 is 15.9 Å². The Kier molecular flexibility index (Phi) is 3.52. The van der Waals surface area contributed by atoms with E-state index in [1.165, 1.54) is 5.56 Å². The maximum absolute atomic E-state index is 4.29. The molecule has 1 heterocycles. The first-order chi connectivity index (χ1) is 7.75.